The van der Waals surface area contributed by atoms with Gasteiger partial charge in [-0.2, -0.15) is 5.26 Å². The second-order valence-electron chi connectivity index (χ2n) is 5.88. The van der Waals surface area contributed by atoms with E-state index in [1.165, 1.54) is 12.4 Å². The van der Waals surface area contributed by atoms with Crippen LogP contribution in [0.15, 0.2) is 18.5 Å². The number of rotatable bonds is 7. The van der Waals surface area contributed by atoms with Crippen molar-refractivity contribution < 1.29 is 4.74 Å². The molecule has 2 heterocycles. The molecule has 2 aromatic rings. The first-order valence-electron chi connectivity index (χ1n) is 8.03. The van der Waals surface area contributed by atoms with Crippen molar-refractivity contribution in [2.24, 2.45) is 5.92 Å². The van der Waals surface area contributed by atoms with Crippen molar-refractivity contribution in [2.45, 2.75) is 18.9 Å². The zero-order valence-electron chi connectivity index (χ0n) is 14.2. The summed E-state index contributed by atoms with van der Waals surface area (Å²) in [4.78, 5) is 8.07. The van der Waals surface area contributed by atoms with Crippen molar-refractivity contribution in [3.8, 4) is 11.9 Å². The predicted octanol–water partition coefficient (Wildman–Crippen LogP) is 1.30. The summed E-state index contributed by atoms with van der Waals surface area (Å²) in [6, 6.07) is 4.37. The van der Waals surface area contributed by atoms with Gasteiger partial charge in [-0.25, -0.2) is 9.97 Å². The van der Waals surface area contributed by atoms with Crippen LogP contribution in [0.1, 0.15) is 18.5 Å². The molecule has 1 aliphatic rings. The van der Waals surface area contributed by atoms with Gasteiger partial charge < -0.3 is 20.7 Å². The molecule has 1 saturated carbocycles. The molecule has 1 fully saturated rings. The van der Waals surface area contributed by atoms with Gasteiger partial charge in [0.05, 0.1) is 19.5 Å². The van der Waals surface area contributed by atoms with Gasteiger partial charge in [-0.3, -0.25) is 0 Å². The van der Waals surface area contributed by atoms with Gasteiger partial charge in [0.2, 0.25) is 0 Å². The van der Waals surface area contributed by atoms with Crippen molar-refractivity contribution in [1.29, 1.82) is 5.26 Å². The minimum Gasteiger partial charge on any atom is -0.478 e. The van der Waals surface area contributed by atoms with Crippen LogP contribution in [-0.2, 0) is 0 Å². The zero-order chi connectivity index (χ0) is 17.6. The van der Waals surface area contributed by atoms with Crippen LogP contribution < -0.4 is 20.7 Å². The summed E-state index contributed by atoms with van der Waals surface area (Å²) in [5.74, 6) is 2.08. The number of anilines is 3. The quantitative estimate of drug-likeness (QED) is 0.684. The summed E-state index contributed by atoms with van der Waals surface area (Å²) in [5, 5.41) is 26.6. The van der Waals surface area contributed by atoms with Crippen molar-refractivity contribution >= 4 is 17.3 Å². The Balaban J connectivity index is 1.65. The average Bonchev–Trinajstić information content (AvgIpc) is 2.61. The lowest BCUT2D eigenvalue weighted by Crippen LogP contribution is -2.41. The highest BCUT2D eigenvalue weighted by Crippen LogP contribution is 2.29. The van der Waals surface area contributed by atoms with Crippen LogP contribution in [0.5, 0.6) is 5.88 Å². The lowest BCUT2D eigenvalue weighted by atomic mass is 9.80. The smallest absolute Gasteiger partial charge is 0.256 e. The third-order valence-corrected chi connectivity index (χ3v) is 4.20. The van der Waals surface area contributed by atoms with Gasteiger partial charge in [0.15, 0.2) is 11.5 Å². The summed E-state index contributed by atoms with van der Waals surface area (Å²) in [6.45, 7) is 0.857. The van der Waals surface area contributed by atoms with Gasteiger partial charge in [-0.05, 0) is 25.8 Å². The molecule has 0 radical (unpaired) electrons. The van der Waals surface area contributed by atoms with Crippen molar-refractivity contribution in [3.63, 3.8) is 0 Å². The van der Waals surface area contributed by atoms with Crippen LogP contribution >= 0.6 is 0 Å². The molecule has 0 aliphatic heterocycles. The highest BCUT2D eigenvalue weighted by atomic mass is 16.5. The Morgan fingerprint density at radius 2 is 2.08 bits per heavy atom. The van der Waals surface area contributed by atoms with Crippen LogP contribution in [0.25, 0.3) is 0 Å². The number of ether oxygens (including phenoxy) is 1. The monoisotopic (exact) mass is 340 g/mol. The van der Waals surface area contributed by atoms with Crippen molar-refractivity contribution in [1.82, 2.24) is 25.5 Å². The van der Waals surface area contributed by atoms with Gasteiger partial charge in [0.1, 0.15) is 17.6 Å². The minimum atomic E-state index is 0.258. The van der Waals surface area contributed by atoms with E-state index in [2.05, 4.69) is 36.1 Å². The molecule has 3 N–H and O–H groups in total. The number of nitrogens with one attached hydrogen (secondary N) is 3. The van der Waals surface area contributed by atoms with E-state index in [1.807, 2.05) is 19.2 Å². The van der Waals surface area contributed by atoms with E-state index in [0.29, 0.717) is 29.5 Å². The van der Waals surface area contributed by atoms with Crippen LogP contribution in [0.3, 0.4) is 0 Å². The molecule has 0 bridgehead atoms. The van der Waals surface area contributed by atoms with E-state index < -0.39 is 0 Å². The van der Waals surface area contributed by atoms with Crippen LogP contribution in [-0.4, -0.2) is 46.9 Å². The van der Waals surface area contributed by atoms with Gasteiger partial charge in [0, 0.05) is 18.7 Å². The Kier molecular flexibility index (Phi) is 5.20. The fourth-order valence-corrected chi connectivity index (χ4v) is 2.69. The molecule has 0 aromatic carbocycles. The Hall–Kier alpha value is -2.99. The fraction of sp³-hybridized carbons (Fsp3) is 0.438. The molecule has 0 spiro atoms. The number of hydrogen-bond donors (Lipinski definition) is 3. The third-order valence-electron chi connectivity index (χ3n) is 4.20. The Labute approximate surface area is 145 Å². The Morgan fingerprint density at radius 3 is 2.72 bits per heavy atom. The largest absolute Gasteiger partial charge is 0.478 e. The molecule has 1 aliphatic carbocycles. The fourth-order valence-electron chi connectivity index (χ4n) is 2.69. The summed E-state index contributed by atoms with van der Waals surface area (Å²) >= 11 is 0. The zero-order valence-corrected chi connectivity index (χ0v) is 14.2. The van der Waals surface area contributed by atoms with Gasteiger partial charge in [0.25, 0.3) is 5.88 Å². The van der Waals surface area contributed by atoms with Gasteiger partial charge in [-0.15, -0.1) is 10.2 Å². The molecular weight excluding hydrogens is 320 g/mol. The topological polar surface area (TPSA) is 121 Å². The number of hydrogen-bond acceptors (Lipinski definition) is 9. The van der Waals surface area contributed by atoms with Gasteiger partial charge in [-0.1, -0.05) is 0 Å². The standard InChI is InChI=1S/C16H20N8O/c1-18-11-3-10(4-11)7-20-13-5-14(23-24-16(13)25-2)22-15-9-19-12(6-17)8-21-15/h5,8-11,18H,3-4,7H2,1-2H3,(H2,20,21,22,23). The molecule has 0 unspecified atom stereocenters. The first-order valence-corrected chi connectivity index (χ1v) is 8.03. The minimum absolute atomic E-state index is 0.258. The summed E-state index contributed by atoms with van der Waals surface area (Å²) in [6.07, 6.45) is 5.20. The number of nitrogens with zero attached hydrogens (tertiary/aromatic N) is 5. The second-order valence-corrected chi connectivity index (χ2v) is 5.88. The summed E-state index contributed by atoms with van der Waals surface area (Å²) in [5.41, 5.74) is 1.03. The molecular formula is C16H20N8O. The van der Waals surface area contributed by atoms with E-state index in [9.17, 15) is 0 Å². The second kappa shape index (κ2) is 7.72. The summed E-state index contributed by atoms with van der Waals surface area (Å²) < 4.78 is 5.27. The Bertz CT molecular complexity index is 752. The van der Waals surface area contributed by atoms with E-state index in [0.717, 1.165) is 25.1 Å². The molecule has 9 nitrogen and oxygen atoms in total. The van der Waals surface area contributed by atoms with Crippen LogP contribution in [0, 0.1) is 17.2 Å². The predicted molar refractivity (Wildman–Crippen MR) is 92.7 cm³/mol. The first kappa shape index (κ1) is 16.9. The van der Waals surface area contributed by atoms with E-state index in [4.69, 9.17) is 10.00 Å². The maximum absolute atomic E-state index is 8.75. The molecule has 9 heteroatoms. The third kappa shape index (κ3) is 4.10. The molecule has 2 aromatic heterocycles. The molecule has 130 valence electrons. The van der Waals surface area contributed by atoms with E-state index in [1.54, 1.807) is 7.11 Å². The molecule has 25 heavy (non-hydrogen) atoms. The average molecular weight is 340 g/mol. The number of aromatic nitrogens is 4. The molecule has 0 saturated heterocycles. The lowest BCUT2D eigenvalue weighted by Gasteiger charge is -2.35. The highest BCUT2D eigenvalue weighted by Gasteiger charge is 2.27. The van der Waals surface area contributed by atoms with E-state index >= 15 is 0 Å². The SMILES string of the molecule is CNC1CC(CNc2cc(Nc3cnc(C#N)cn3)nnc2OC)C1. The number of nitriles is 1. The lowest BCUT2D eigenvalue weighted by molar-refractivity contribution is 0.245. The molecule has 0 atom stereocenters. The van der Waals surface area contributed by atoms with Crippen molar-refractivity contribution in [3.05, 3.63) is 24.2 Å². The summed E-state index contributed by atoms with van der Waals surface area (Å²) in [7, 11) is 3.56. The van der Waals surface area contributed by atoms with Crippen molar-refractivity contribution in [2.75, 3.05) is 31.3 Å². The van der Waals surface area contributed by atoms with E-state index in [-0.39, 0.29) is 5.69 Å². The maximum atomic E-state index is 8.75. The number of methoxy groups -OCH3 is 1. The molecule has 0 amide bonds. The van der Waals surface area contributed by atoms with Gasteiger partial charge >= 0.3 is 0 Å². The highest BCUT2D eigenvalue weighted by molar-refractivity contribution is 5.61. The maximum Gasteiger partial charge on any atom is 0.256 e. The Morgan fingerprint density at radius 1 is 1.24 bits per heavy atom. The van der Waals surface area contributed by atoms with Crippen LogP contribution in [0.2, 0.25) is 0 Å². The normalized spacial score (nSPS) is 18.8. The first-order chi connectivity index (χ1) is 12.2. The molecule has 3 rings (SSSR count). The van der Waals surface area contributed by atoms with Crippen LogP contribution in [0.4, 0.5) is 17.3 Å².